The number of amides is 1. The number of aryl methyl sites for hydroxylation is 1. The van der Waals surface area contributed by atoms with Gasteiger partial charge in [0.15, 0.2) is 5.69 Å². The fraction of sp³-hybridized carbons (Fsp3) is 0.435. The molecule has 2 aromatic heterocycles. The van der Waals surface area contributed by atoms with Crippen molar-refractivity contribution in [1.29, 1.82) is 0 Å². The second-order valence-corrected chi connectivity index (χ2v) is 9.15. The summed E-state index contributed by atoms with van der Waals surface area (Å²) in [6.45, 7) is 6.39. The zero-order chi connectivity index (χ0) is 20.2. The zero-order valence-corrected chi connectivity index (χ0v) is 17.1. The minimum absolute atomic E-state index is 0.0657. The molecule has 6 heteroatoms. The zero-order valence-electron chi connectivity index (χ0n) is 17.1. The van der Waals surface area contributed by atoms with Crippen LogP contribution in [0.15, 0.2) is 40.8 Å². The van der Waals surface area contributed by atoms with Gasteiger partial charge in [0.1, 0.15) is 11.5 Å². The molecular formula is C23H26N4O2. The molecule has 3 aromatic rings. The van der Waals surface area contributed by atoms with Crippen LogP contribution in [0.4, 0.5) is 0 Å². The summed E-state index contributed by atoms with van der Waals surface area (Å²) in [6.07, 6.45) is 3.90. The number of hydrogen-bond acceptors (Lipinski definition) is 4. The minimum atomic E-state index is -0.151. The summed E-state index contributed by atoms with van der Waals surface area (Å²) in [7, 11) is 0. The van der Waals surface area contributed by atoms with Gasteiger partial charge in [-0.3, -0.25) is 4.79 Å². The Morgan fingerprint density at radius 3 is 2.72 bits per heavy atom. The third-order valence-electron chi connectivity index (χ3n) is 5.93. The van der Waals surface area contributed by atoms with Gasteiger partial charge in [-0.05, 0) is 49.8 Å². The molecule has 2 heterocycles. The van der Waals surface area contributed by atoms with Crippen LogP contribution in [0.25, 0.3) is 5.69 Å². The van der Waals surface area contributed by atoms with Crippen LogP contribution in [0, 0.1) is 12.3 Å². The molecule has 0 radical (unpaired) electrons. The molecule has 0 saturated heterocycles. The molecule has 0 bridgehead atoms. The van der Waals surface area contributed by atoms with Crippen molar-refractivity contribution >= 4 is 5.91 Å². The quantitative estimate of drug-likeness (QED) is 0.712. The maximum Gasteiger partial charge on any atom is 0.274 e. The molecule has 2 aliphatic carbocycles. The molecule has 1 amide bonds. The van der Waals surface area contributed by atoms with E-state index in [1.165, 1.54) is 0 Å². The normalized spacial score (nSPS) is 20.3. The number of nitrogens with one attached hydrogen (secondary N) is 1. The number of furan rings is 1. The molecule has 150 valence electrons. The smallest absolute Gasteiger partial charge is 0.274 e. The summed E-state index contributed by atoms with van der Waals surface area (Å²) in [4.78, 5) is 13.3. The molecule has 1 unspecified atom stereocenters. The number of nitrogens with zero attached hydrogens (tertiary/aromatic N) is 3. The van der Waals surface area contributed by atoms with Crippen LogP contribution in [0.3, 0.4) is 0 Å². The van der Waals surface area contributed by atoms with E-state index < -0.39 is 0 Å². The predicted octanol–water partition coefficient (Wildman–Crippen LogP) is 4.49. The maximum absolute atomic E-state index is 13.3. The van der Waals surface area contributed by atoms with E-state index in [1.54, 1.807) is 0 Å². The Morgan fingerprint density at radius 2 is 2.00 bits per heavy atom. The summed E-state index contributed by atoms with van der Waals surface area (Å²) < 4.78 is 7.73. The van der Waals surface area contributed by atoms with Crippen LogP contribution in [0.1, 0.15) is 78.3 Å². The third-order valence-corrected chi connectivity index (χ3v) is 5.93. The van der Waals surface area contributed by atoms with Crippen molar-refractivity contribution in [2.24, 2.45) is 5.41 Å². The Labute approximate surface area is 170 Å². The van der Waals surface area contributed by atoms with Gasteiger partial charge in [0.2, 0.25) is 0 Å². The summed E-state index contributed by atoms with van der Waals surface area (Å²) >= 11 is 0. The topological polar surface area (TPSA) is 73.0 Å². The van der Waals surface area contributed by atoms with E-state index >= 15 is 0 Å². The van der Waals surface area contributed by atoms with Crippen LogP contribution in [0.5, 0.6) is 0 Å². The highest BCUT2D eigenvalue weighted by atomic mass is 16.3. The van der Waals surface area contributed by atoms with Crippen molar-refractivity contribution in [2.75, 3.05) is 0 Å². The molecular weight excluding hydrogens is 364 g/mol. The molecule has 0 spiro atoms. The van der Waals surface area contributed by atoms with Gasteiger partial charge >= 0.3 is 0 Å². The van der Waals surface area contributed by atoms with Crippen molar-refractivity contribution in [3.8, 4) is 5.69 Å². The van der Waals surface area contributed by atoms with E-state index in [1.807, 2.05) is 41.9 Å². The van der Waals surface area contributed by atoms with E-state index in [9.17, 15) is 4.79 Å². The molecule has 6 nitrogen and oxygen atoms in total. The molecule has 1 atom stereocenters. The molecule has 1 N–H and O–H groups in total. The third kappa shape index (κ3) is 3.37. The van der Waals surface area contributed by atoms with E-state index in [-0.39, 0.29) is 17.4 Å². The van der Waals surface area contributed by atoms with Crippen LogP contribution >= 0.6 is 0 Å². The molecule has 5 rings (SSSR count). The van der Waals surface area contributed by atoms with Gasteiger partial charge in [-0.1, -0.05) is 37.3 Å². The average molecular weight is 390 g/mol. The molecule has 2 aliphatic rings. The largest absolute Gasteiger partial charge is 0.466 e. The lowest BCUT2D eigenvalue weighted by Gasteiger charge is -2.34. The molecule has 29 heavy (non-hydrogen) atoms. The summed E-state index contributed by atoms with van der Waals surface area (Å²) in [6, 6.07) is 11.9. The number of hydrogen-bond donors (Lipinski definition) is 1. The van der Waals surface area contributed by atoms with Crippen molar-refractivity contribution in [3.63, 3.8) is 0 Å². The van der Waals surface area contributed by atoms with E-state index in [0.717, 1.165) is 54.1 Å². The number of fused-ring (bicyclic) bond motifs is 1. The van der Waals surface area contributed by atoms with Crippen LogP contribution in [-0.4, -0.2) is 20.9 Å². The second kappa shape index (κ2) is 6.58. The van der Waals surface area contributed by atoms with Gasteiger partial charge in [-0.25, -0.2) is 4.68 Å². The van der Waals surface area contributed by atoms with Gasteiger partial charge < -0.3 is 9.73 Å². The van der Waals surface area contributed by atoms with Crippen molar-refractivity contribution in [2.45, 2.75) is 58.4 Å². The first kappa shape index (κ1) is 18.2. The SMILES string of the molecule is Cc1cc2c(o1)CC(C)(C)CC2NC(=O)c1nnn(-c2ccccc2)c1C1CC1. The first-order chi connectivity index (χ1) is 13.9. The van der Waals surface area contributed by atoms with Crippen LogP contribution in [0.2, 0.25) is 0 Å². The van der Waals surface area contributed by atoms with Gasteiger partial charge in [-0.15, -0.1) is 5.10 Å². The fourth-order valence-corrected chi connectivity index (χ4v) is 4.47. The summed E-state index contributed by atoms with van der Waals surface area (Å²) in [5.74, 6) is 2.07. The first-order valence-corrected chi connectivity index (χ1v) is 10.3. The number of benzene rings is 1. The average Bonchev–Trinajstić information content (AvgIpc) is 3.30. The highest BCUT2D eigenvalue weighted by molar-refractivity contribution is 5.94. The Balaban J connectivity index is 1.47. The maximum atomic E-state index is 13.3. The fourth-order valence-electron chi connectivity index (χ4n) is 4.47. The van der Waals surface area contributed by atoms with Crippen molar-refractivity contribution in [3.05, 3.63) is 64.9 Å². The van der Waals surface area contributed by atoms with E-state index in [0.29, 0.717) is 11.6 Å². The minimum Gasteiger partial charge on any atom is -0.466 e. The number of carbonyl (C=O) groups is 1. The Bertz CT molecular complexity index is 1060. The highest BCUT2D eigenvalue weighted by Gasteiger charge is 2.38. The lowest BCUT2D eigenvalue weighted by Crippen LogP contribution is -2.36. The summed E-state index contributed by atoms with van der Waals surface area (Å²) in [5, 5.41) is 11.9. The number of para-hydroxylation sites is 1. The highest BCUT2D eigenvalue weighted by Crippen LogP contribution is 2.44. The van der Waals surface area contributed by atoms with Gasteiger partial charge in [-0.2, -0.15) is 0 Å². The van der Waals surface area contributed by atoms with Gasteiger partial charge in [0.25, 0.3) is 5.91 Å². The van der Waals surface area contributed by atoms with Crippen molar-refractivity contribution < 1.29 is 9.21 Å². The van der Waals surface area contributed by atoms with Crippen LogP contribution in [-0.2, 0) is 6.42 Å². The Morgan fingerprint density at radius 1 is 1.24 bits per heavy atom. The summed E-state index contributed by atoms with van der Waals surface area (Å²) in [5.41, 5.74) is 3.47. The van der Waals surface area contributed by atoms with E-state index in [2.05, 4.69) is 35.5 Å². The molecule has 1 fully saturated rings. The Hall–Kier alpha value is -2.89. The van der Waals surface area contributed by atoms with E-state index in [4.69, 9.17) is 4.42 Å². The van der Waals surface area contributed by atoms with Crippen molar-refractivity contribution in [1.82, 2.24) is 20.3 Å². The molecule has 0 aliphatic heterocycles. The second-order valence-electron chi connectivity index (χ2n) is 9.15. The standard InChI is InChI=1S/C23H26N4O2/c1-14-11-17-18(12-23(2,3)13-19(17)29-14)24-22(28)20-21(15-9-10-15)27(26-25-20)16-7-5-4-6-8-16/h4-8,11,15,18H,9-10,12-13H2,1-3H3,(H,24,28). The monoisotopic (exact) mass is 390 g/mol. The Kier molecular flexibility index (Phi) is 4.12. The molecule has 1 saturated carbocycles. The molecule has 1 aromatic carbocycles. The number of carbonyl (C=O) groups excluding carboxylic acids is 1. The number of aromatic nitrogens is 3. The number of rotatable bonds is 4. The first-order valence-electron chi connectivity index (χ1n) is 10.3. The van der Waals surface area contributed by atoms with Gasteiger partial charge in [0, 0.05) is 17.9 Å². The van der Waals surface area contributed by atoms with Crippen LogP contribution < -0.4 is 5.32 Å². The lowest BCUT2D eigenvalue weighted by molar-refractivity contribution is 0.0911. The lowest BCUT2D eigenvalue weighted by atomic mass is 9.74. The predicted molar refractivity (Wildman–Crippen MR) is 109 cm³/mol. The van der Waals surface area contributed by atoms with Gasteiger partial charge in [0.05, 0.1) is 17.4 Å².